The zero-order chi connectivity index (χ0) is 13.8. The van der Waals surface area contributed by atoms with Crippen molar-refractivity contribution in [3.63, 3.8) is 0 Å². The van der Waals surface area contributed by atoms with E-state index in [0.29, 0.717) is 0 Å². The number of unbranched alkanes of at least 4 members (excludes halogenated alkanes) is 1. The summed E-state index contributed by atoms with van der Waals surface area (Å²) in [5.74, 6) is 0. The van der Waals surface area contributed by atoms with Crippen LogP contribution in [0.25, 0.3) is 0 Å². The second-order valence-corrected chi connectivity index (χ2v) is 5.22. The SMILES string of the molecule is CC(C)=CCC/C(C)=C/CC/C(C)=C/CC[CH]O. The molecule has 0 bridgehead atoms. The van der Waals surface area contributed by atoms with Gasteiger partial charge in [0.15, 0.2) is 0 Å². The standard InChI is InChI=1S/C17H29O/c1-15(2)9-7-11-17(4)13-8-12-16(3)10-5-6-14-18/h9-10,13-14,18H,5-8,11-12H2,1-4H3/b16-10+,17-13+. The summed E-state index contributed by atoms with van der Waals surface area (Å²) >= 11 is 0. The molecule has 0 fully saturated rings. The lowest BCUT2D eigenvalue weighted by atomic mass is 10.1. The van der Waals surface area contributed by atoms with Crippen LogP contribution in [0.15, 0.2) is 34.9 Å². The maximum absolute atomic E-state index is 8.58. The van der Waals surface area contributed by atoms with Crippen molar-refractivity contribution < 1.29 is 5.11 Å². The van der Waals surface area contributed by atoms with Gasteiger partial charge in [0.1, 0.15) is 0 Å². The Bertz CT molecular complexity index is 291. The third-order valence-electron chi connectivity index (χ3n) is 2.91. The Hall–Kier alpha value is -0.820. The van der Waals surface area contributed by atoms with Crippen molar-refractivity contribution in [1.82, 2.24) is 0 Å². The van der Waals surface area contributed by atoms with Gasteiger partial charge in [-0.1, -0.05) is 34.9 Å². The highest BCUT2D eigenvalue weighted by molar-refractivity contribution is 5.05. The van der Waals surface area contributed by atoms with Gasteiger partial charge in [0, 0.05) is 0 Å². The highest BCUT2D eigenvalue weighted by atomic mass is 16.2. The highest BCUT2D eigenvalue weighted by Gasteiger charge is 1.92. The molecule has 0 saturated carbocycles. The van der Waals surface area contributed by atoms with Gasteiger partial charge >= 0.3 is 0 Å². The van der Waals surface area contributed by atoms with Crippen molar-refractivity contribution >= 4 is 0 Å². The summed E-state index contributed by atoms with van der Waals surface area (Å²) in [5, 5.41) is 8.58. The molecule has 0 spiro atoms. The first-order chi connectivity index (χ1) is 8.56. The van der Waals surface area contributed by atoms with Crippen LogP contribution in [-0.2, 0) is 0 Å². The van der Waals surface area contributed by atoms with Crippen molar-refractivity contribution in [1.29, 1.82) is 0 Å². The van der Waals surface area contributed by atoms with E-state index in [1.54, 1.807) is 0 Å². The summed E-state index contributed by atoms with van der Waals surface area (Å²) in [6.45, 7) is 9.92. The Labute approximate surface area is 113 Å². The van der Waals surface area contributed by atoms with Gasteiger partial charge in [-0.3, -0.25) is 0 Å². The summed E-state index contributed by atoms with van der Waals surface area (Å²) in [6, 6.07) is 0. The largest absolute Gasteiger partial charge is 0.390 e. The lowest BCUT2D eigenvalue weighted by molar-refractivity contribution is 0.376. The Balaban J connectivity index is 3.79. The Kier molecular flexibility index (Phi) is 10.8. The molecule has 0 aliphatic rings. The fourth-order valence-corrected chi connectivity index (χ4v) is 1.74. The molecule has 1 radical (unpaired) electrons. The summed E-state index contributed by atoms with van der Waals surface area (Å²) in [6.07, 6.45) is 13.2. The van der Waals surface area contributed by atoms with Crippen LogP contribution < -0.4 is 0 Å². The summed E-state index contributed by atoms with van der Waals surface area (Å²) in [7, 11) is 0. The monoisotopic (exact) mass is 249 g/mol. The number of allylic oxidation sites excluding steroid dienone is 6. The molecule has 1 heteroatoms. The average molecular weight is 249 g/mol. The lowest BCUT2D eigenvalue weighted by Crippen LogP contribution is -1.81. The first-order valence-corrected chi connectivity index (χ1v) is 6.96. The molecule has 18 heavy (non-hydrogen) atoms. The van der Waals surface area contributed by atoms with Crippen molar-refractivity contribution in [3.05, 3.63) is 41.6 Å². The van der Waals surface area contributed by atoms with E-state index in [2.05, 4.69) is 45.9 Å². The molecule has 0 aliphatic heterocycles. The van der Waals surface area contributed by atoms with Gasteiger partial charge in [0.2, 0.25) is 0 Å². The quantitative estimate of drug-likeness (QED) is 0.409. The molecule has 1 nitrogen and oxygen atoms in total. The number of rotatable bonds is 9. The Morgan fingerprint density at radius 1 is 0.722 bits per heavy atom. The number of hydrogen-bond donors (Lipinski definition) is 1. The molecule has 0 aromatic carbocycles. The Morgan fingerprint density at radius 3 is 1.72 bits per heavy atom. The van der Waals surface area contributed by atoms with Gasteiger partial charge in [-0.2, -0.15) is 0 Å². The zero-order valence-electron chi connectivity index (χ0n) is 12.5. The zero-order valence-corrected chi connectivity index (χ0v) is 12.5. The van der Waals surface area contributed by atoms with Crippen LogP contribution in [0.3, 0.4) is 0 Å². The highest BCUT2D eigenvalue weighted by Crippen LogP contribution is 2.12. The van der Waals surface area contributed by atoms with Crippen molar-refractivity contribution in [2.45, 2.75) is 66.2 Å². The molecule has 0 rings (SSSR count). The molecular formula is C17H29O. The number of hydrogen-bond acceptors (Lipinski definition) is 1. The molecular weight excluding hydrogens is 220 g/mol. The van der Waals surface area contributed by atoms with Gasteiger partial charge in [-0.05, 0) is 66.2 Å². The Morgan fingerprint density at radius 2 is 1.22 bits per heavy atom. The first-order valence-electron chi connectivity index (χ1n) is 6.96. The van der Waals surface area contributed by atoms with Crippen LogP contribution in [-0.4, -0.2) is 5.11 Å². The minimum Gasteiger partial charge on any atom is -0.390 e. The fraction of sp³-hybridized carbons (Fsp3) is 0.588. The molecule has 103 valence electrons. The van der Waals surface area contributed by atoms with E-state index in [4.69, 9.17) is 5.11 Å². The van der Waals surface area contributed by atoms with Crippen LogP contribution in [0, 0.1) is 6.61 Å². The normalized spacial score (nSPS) is 12.7. The molecule has 0 aliphatic carbocycles. The van der Waals surface area contributed by atoms with Crippen LogP contribution in [0.4, 0.5) is 0 Å². The molecule has 0 amide bonds. The van der Waals surface area contributed by atoms with Gasteiger partial charge in [0.05, 0.1) is 6.61 Å². The van der Waals surface area contributed by atoms with E-state index in [1.807, 2.05) is 0 Å². The minimum atomic E-state index is 0.759. The van der Waals surface area contributed by atoms with E-state index >= 15 is 0 Å². The number of aliphatic hydroxyl groups excluding tert-OH is 1. The second-order valence-electron chi connectivity index (χ2n) is 5.22. The van der Waals surface area contributed by atoms with Crippen molar-refractivity contribution in [2.24, 2.45) is 0 Å². The molecule has 0 saturated heterocycles. The van der Waals surface area contributed by atoms with Crippen LogP contribution in [0.2, 0.25) is 0 Å². The first kappa shape index (κ1) is 17.2. The van der Waals surface area contributed by atoms with E-state index in [0.717, 1.165) is 32.1 Å². The maximum Gasteiger partial charge on any atom is 0.0802 e. The van der Waals surface area contributed by atoms with E-state index in [9.17, 15) is 0 Å². The predicted octanol–water partition coefficient (Wildman–Crippen LogP) is 5.72. The molecule has 0 aromatic rings. The predicted molar refractivity (Wildman–Crippen MR) is 80.9 cm³/mol. The summed E-state index contributed by atoms with van der Waals surface area (Å²) in [5.41, 5.74) is 4.32. The van der Waals surface area contributed by atoms with Crippen LogP contribution in [0.1, 0.15) is 66.2 Å². The molecule has 0 unspecified atom stereocenters. The van der Waals surface area contributed by atoms with Crippen LogP contribution in [0.5, 0.6) is 0 Å². The average Bonchev–Trinajstić information content (AvgIpc) is 2.29. The maximum atomic E-state index is 8.58. The topological polar surface area (TPSA) is 20.2 Å². The van der Waals surface area contributed by atoms with Gasteiger partial charge in [-0.15, -0.1) is 0 Å². The lowest BCUT2D eigenvalue weighted by Gasteiger charge is -2.01. The van der Waals surface area contributed by atoms with Crippen molar-refractivity contribution in [3.8, 4) is 0 Å². The smallest absolute Gasteiger partial charge is 0.0802 e. The van der Waals surface area contributed by atoms with E-state index in [-0.39, 0.29) is 0 Å². The molecule has 1 N–H and O–H groups in total. The third-order valence-corrected chi connectivity index (χ3v) is 2.91. The minimum absolute atomic E-state index is 0.759. The molecule has 0 aromatic heterocycles. The van der Waals surface area contributed by atoms with Crippen LogP contribution >= 0.6 is 0 Å². The molecule has 0 heterocycles. The van der Waals surface area contributed by atoms with E-state index < -0.39 is 0 Å². The molecule has 0 atom stereocenters. The third kappa shape index (κ3) is 11.7. The van der Waals surface area contributed by atoms with E-state index in [1.165, 1.54) is 29.7 Å². The summed E-state index contributed by atoms with van der Waals surface area (Å²) in [4.78, 5) is 0. The van der Waals surface area contributed by atoms with Gasteiger partial charge in [-0.25, -0.2) is 0 Å². The van der Waals surface area contributed by atoms with Gasteiger partial charge in [0.25, 0.3) is 0 Å². The number of aliphatic hydroxyl groups is 1. The van der Waals surface area contributed by atoms with Crippen molar-refractivity contribution in [2.75, 3.05) is 0 Å². The van der Waals surface area contributed by atoms with Gasteiger partial charge < -0.3 is 5.11 Å². The second kappa shape index (κ2) is 11.3. The summed E-state index contributed by atoms with van der Waals surface area (Å²) < 4.78 is 0. The fourth-order valence-electron chi connectivity index (χ4n) is 1.74.